The predicted molar refractivity (Wildman–Crippen MR) is 68.6 cm³/mol. The summed E-state index contributed by atoms with van der Waals surface area (Å²) in [5.41, 5.74) is -2.99. The van der Waals surface area contributed by atoms with E-state index in [1.165, 1.54) is 0 Å². The van der Waals surface area contributed by atoms with Crippen LogP contribution in [0.2, 0.25) is 0 Å². The molecule has 0 saturated carbocycles. The third kappa shape index (κ3) is 12.3. The smallest absolute Gasteiger partial charge is 1.00 e. The van der Waals surface area contributed by atoms with Crippen LogP contribution in [0.5, 0.6) is 0 Å². The molecule has 0 bridgehead atoms. The molecule has 1 unspecified atom stereocenters. The van der Waals surface area contributed by atoms with Crippen LogP contribution in [-0.2, 0) is 23.5 Å². The van der Waals surface area contributed by atoms with Gasteiger partial charge in [-0.3, -0.25) is 19.4 Å². The van der Waals surface area contributed by atoms with Gasteiger partial charge in [-0.15, -0.1) is 0 Å². The minimum Gasteiger partial charge on any atom is -1.00 e. The number of hydrogen-bond acceptors (Lipinski definition) is 7. The normalized spacial score (nSPS) is 12.6. The van der Waals surface area contributed by atoms with Crippen LogP contribution >= 0.6 is 7.82 Å². The van der Waals surface area contributed by atoms with E-state index >= 15 is 0 Å². The van der Waals surface area contributed by atoms with Crippen molar-refractivity contribution in [2.45, 2.75) is 18.4 Å². The molecule has 0 rings (SSSR count). The summed E-state index contributed by atoms with van der Waals surface area (Å²) >= 11 is 0. The number of carboxylic acids is 2. The molecule has 0 aromatic heterocycles. The van der Waals surface area contributed by atoms with Crippen molar-refractivity contribution in [3.05, 3.63) is 0 Å². The molecule has 0 aromatic rings. The molecular weight excluding hydrogens is 341 g/mol. The van der Waals surface area contributed by atoms with Gasteiger partial charge >= 0.3 is 86.5 Å². The third-order valence-corrected chi connectivity index (χ3v) is 1.94. The quantitative estimate of drug-likeness (QED) is 0.229. The first-order chi connectivity index (χ1) is 7.46. The first-order valence-corrected chi connectivity index (χ1v) is 5.45. The van der Waals surface area contributed by atoms with Crippen molar-refractivity contribution in [1.82, 2.24) is 6.15 Å². The van der Waals surface area contributed by atoms with Gasteiger partial charge in [0.05, 0.1) is 12.8 Å². The number of carbonyl (C=O) groups is 3. The van der Waals surface area contributed by atoms with E-state index in [0.29, 0.717) is 0 Å². The van der Waals surface area contributed by atoms with Crippen molar-refractivity contribution < 1.29 is 54.3 Å². The molecule has 0 radical (unpaired) electrons. The molecule has 1 atom stereocenters. The van der Waals surface area contributed by atoms with E-state index in [1.807, 2.05) is 0 Å². The number of rotatable bonds is 6. The first-order valence-electron chi connectivity index (χ1n) is 3.92. The molecule has 0 aliphatic carbocycles. The van der Waals surface area contributed by atoms with E-state index in [4.69, 9.17) is 20.0 Å². The molecule has 14 heteroatoms. The molecule has 0 aromatic carbocycles. The number of phosphoric acid groups is 1. The Morgan fingerprint density at radius 2 is 1.55 bits per heavy atom. The topological polar surface area (TPSA) is 214 Å². The summed E-state index contributed by atoms with van der Waals surface area (Å²) in [7, 11) is -5.17. The van der Waals surface area contributed by atoms with Gasteiger partial charge in [0, 0.05) is 0 Å². The van der Waals surface area contributed by atoms with E-state index in [-0.39, 0.29) is 72.6 Å². The van der Waals surface area contributed by atoms with Crippen LogP contribution in [0.4, 0.5) is 0 Å². The van der Waals surface area contributed by atoms with Crippen molar-refractivity contribution in [2.75, 3.05) is 0 Å². The standard InChI is InChI=1S/C6H9O10P.Ca.Mg.H3N.4H/c7-3(8)1-6(12,5(10)11)2-4(9)16-17(13,14)15;;;;;;;/h12H,1-2H2,(H,7,8)(H,10,11)(H2,13,14,15);;;1H3;;;;/q;2*+2;;4*-1. The number of carboxylic acid groups (broad SMARTS) is 2. The van der Waals surface area contributed by atoms with E-state index in [0.717, 1.165) is 0 Å². The van der Waals surface area contributed by atoms with Crippen molar-refractivity contribution >= 4 is 86.5 Å². The van der Waals surface area contributed by atoms with E-state index in [2.05, 4.69) is 4.52 Å². The Balaban J connectivity index is -0.0000000610. The maximum Gasteiger partial charge on any atom is 2.00 e. The average molecular weight is 358 g/mol. The Kier molecular flexibility index (Phi) is 15.9. The summed E-state index contributed by atoms with van der Waals surface area (Å²) < 4.78 is 13.7. The summed E-state index contributed by atoms with van der Waals surface area (Å²) in [6.07, 6.45) is -2.72. The van der Waals surface area contributed by atoms with Crippen molar-refractivity contribution in [1.29, 1.82) is 0 Å². The molecule has 20 heavy (non-hydrogen) atoms. The number of hydrogen-bond donors (Lipinski definition) is 6. The third-order valence-electron chi connectivity index (χ3n) is 1.50. The zero-order valence-electron chi connectivity index (χ0n) is 14.3. The molecule has 0 aliphatic heterocycles. The van der Waals surface area contributed by atoms with Gasteiger partial charge in [-0.25, -0.2) is 9.36 Å². The van der Waals surface area contributed by atoms with Gasteiger partial charge in [0.2, 0.25) is 0 Å². The second-order valence-corrected chi connectivity index (χ2v) is 4.20. The number of carbonyl (C=O) groups excluding carboxylic acids is 1. The van der Waals surface area contributed by atoms with Crippen LogP contribution in [0, 0.1) is 0 Å². The van der Waals surface area contributed by atoms with Gasteiger partial charge in [-0.1, -0.05) is 0 Å². The first kappa shape index (κ1) is 28.6. The van der Waals surface area contributed by atoms with Gasteiger partial charge in [0.25, 0.3) is 0 Å². The molecule has 0 spiro atoms. The second kappa shape index (κ2) is 11.1. The molecular formula is C6H16CaMgNO10P. The zero-order chi connectivity index (χ0) is 13.9. The minimum absolute atomic E-state index is 0. The zero-order valence-corrected chi connectivity index (χ0v) is 14.8. The SMILES string of the molecule is N.O=C(O)CC(O)(CC(=O)OP(=O)(O)O)C(=O)O.[Ca+2].[H-].[H-].[H-].[H-].[Mg+2]. The molecule has 11 nitrogen and oxygen atoms in total. The van der Waals surface area contributed by atoms with Gasteiger partial charge in [0.15, 0.2) is 5.60 Å². The maximum absolute atomic E-state index is 10.8. The number of phosphoric ester groups is 1. The fourth-order valence-corrected chi connectivity index (χ4v) is 1.20. The molecule has 114 valence electrons. The Morgan fingerprint density at radius 3 is 1.80 bits per heavy atom. The monoisotopic (exact) mass is 357 g/mol. The fourth-order valence-electron chi connectivity index (χ4n) is 0.868. The van der Waals surface area contributed by atoms with Crippen LogP contribution in [0.3, 0.4) is 0 Å². The Hall–Kier alpha value is 0.506. The fraction of sp³-hybridized carbons (Fsp3) is 0.500. The van der Waals surface area contributed by atoms with Gasteiger partial charge in [-0.2, -0.15) is 0 Å². The van der Waals surface area contributed by atoms with Crippen LogP contribution < -0.4 is 6.15 Å². The van der Waals surface area contributed by atoms with E-state index in [1.54, 1.807) is 0 Å². The maximum atomic E-state index is 10.8. The number of aliphatic carboxylic acids is 2. The van der Waals surface area contributed by atoms with E-state index in [9.17, 15) is 24.1 Å². The van der Waals surface area contributed by atoms with Crippen LogP contribution in [0.25, 0.3) is 0 Å². The molecule has 0 fully saturated rings. The van der Waals surface area contributed by atoms with Gasteiger partial charge < -0.3 is 31.7 Å². The average Bonchev–Trinajstić information content (AvgIpc) is 1.96. The van der Waals surface area contributed by atoms with Gasteiger partial charge in [-0.05, 0) is 0 Å². The Labute approximate surface area is 164 Å². The minimum atomic E-state index is -5.17. The second-order valence-electron chi connectivity index (χ2n) is 3.04. The molecule has 0 amide bonds. The summed E-state index contributed by atoms with van der Waals surface area (Å²) in [5.74, 6) is -5.47. The van der Waals surface area contributed by atoms with Crippen molar-refractivity contribution in [3.8, 4) is 0 Å². The summed E-state index contributed by atoms with van der Waals surface area (Å²) in [6, 6.07) is 0. The molecule has 0 aliphatic rings. The predicted octanol–water partition coefficient (Wildman–Crippen LogP) is -1.85. The Morgan fingerprint density at radius 1 is 1.15 bits per heavy atom. The molecule has 0 heterocycles. The molecule has 0 saturated heterocycles. The van der Waals surface area contributed by atoms with Crippen molar-refractivity contribution in [3.63, 3.8) is 0 Å². The number of aliphatic hydroxyl groups is 1. The molecule has 8 N–H and O–H groups in total. The van der Waals surface area contributed by atoms with Crippen molar-refractivity contribution in [2.24, 2.45) is 0 Å². The van der Waals surface area contributed by atoms with Crippen LogP contribution in [0.15, 0.2) is 0 Å². The summed E-state index contributed by atoms with van der Waals surface area (Å²) in [6.45, 7) is 0. The summed E-state index contributed by atoms with van der Waals surface area (Å²) in [5, 5.41) is 26.1. The van der Waals surface area contributed by atoms with Crippen LogP contribution in [-0.4, -0.2) is 109 Å². The van der Waals surface area contributed by atoms with E-state index < -0.39 is 44.2 Å². The van der Waals surface area contributed by atoms with Gasteiger partial charge in [0.1, 0.15) is 0 Å². The summed E-state index contributed by atoms with van der Waals surface area (Å²) in [4.78, 5) is 48.1. The Bertz CT molecular complexity index is 415. The largest absolute Gasteiger partial charge is 2.00 e. The van der Waals surface area contributed by atoms with Crippen LogP contribution in [0.1, 0.15) is 18.5 Å².